The first-order chi connectivity index (χ1) is 5.22. The number of carbonyl (C=O) groups is 1. The first-order valence-electron chi connectivity index (χ1n) is 2.98. The van der Waals surface area contributed by atoms with Crippen LogP contribution in [0.15, 0.2) is 10.7 Å². The van der Waals surface area contributed by atoms with Gasteiger partial charge in [0.15, 0.2) is 0 Å². The minimum absolute atomic E-state index is 0.140. The molecule has 0 radical (unpaired) electrons. The van der Waals surface area contributed by atoms with Crippen LogP contribution in [0.3, 0.4) is 0 Å². The number of hydrogen-bond donors (Lipinski definition) is 2. The second-order valence-electron chi connectivity index (χ2n) is 1.96. The van der Waals surface area contributed by atoms with Crippen molar-refractivity contribution >= 4 is 5.97 Å². The average Bonchev–Trinajstić information content (AvgIpc) is 2.34. The zero-order valence-electron chi connectivity index (χ0n) is 5.65. The van der Waals surface area contributed by atoms with Gasteiger partial charge in [0.2, 0.25) is 5.89 Å². The third-order valence-electron chi connectivity index (χ3n) is 1.07. The standard InChI is InChI=1S/C6H7NO4/c8-2-5-7-4(3-11-5)1-6(9)10/h3,8H,1-2H2,(H,9,10). The van der Waals surface area contributed by atoms with Crippen LogP contribution >= 0.6 is 0 Å². The molecule has 0 spiro atoms. The fourth-order valence-electron chi connectivity index (χ4n) is 0.658. The molecule has 1 aromatic rings. The highest BCUT2D eigenvalue weighted by Gasteiger charge is 2.05. The Balaban J connectivity index is 2.65. The van der Waals surface area contributed by atoms with Crippen LogP contribution in [0.25, 0.3) is 0 Å². The third-order valence-corrected chi connectivity index (χ3v) is 1.07. The molecule has 0 aliphatic rings. The Morgan fingerprint density at radius 2 is 2.45 bits per heavy atom. The van der Waals surface area contributed by atoms with Gasteiger partial charge in [0, 0.05) is 0 Å². The monoisotopic (exact) mass is 157 g/mol. The van der Waals surface area contributed by atoms with Gasteiger partial charge in [-0.1, -0.05) is 0 Å². The first kappa shape index (κ1) is 7.74. The number of aliphatic hydroxyl groups is 1. The Morgan fingerprint density at radius 3 is 2.91 bits per heavy atom. The van der Waals surface area contributed by atoms with Gasteiger partial charge < -0.3 is 14.6 Å². The van der Waals surface area contributed by atoms with Gasteiger partial charge in [-0.3, -0.25) is 4.79 Å². The normalized spacial score (nSPS) is 9.91. The molecular formula is C6H7NO4. The van der Waals surface area contributed by atoms with E-state index in [0.717, 1.165) is 0 Å². The van der Waals surface area contributed by atoms with E-state index in [9.17, 15) is 4.79 Å². The number of aliphatic hydroxyl groups excluding tert-OH is 1. The van der Waals surface area contributed by atoms with E-state index in [0.29, 0.717) is 5.69 Å². The number of oxazole rings is 1. The predicted molar refractivity (Wildman–Crippen MR) is 33.8 cm³/mol. The maximum atomic E-state index is 10.1. The molecule has 0 saturated carbocycles. The van der Waals surface area contributed by atoms with Crippen molar-refractivity contribution in [3.63, 3.8) is 0 Å². The molecule has 60 valence electrons. The van der Waals surface area contributed by atoms with Crippen LogP contribution in [0.1, 0.15) is 11.6 Å². The van der Waals surface area contributed by atoms with Crippen molar-refractivity contribution in [3.8, 4) is 0 Å². The Hall–Kier alpha value is -1.36. The number of rotatable bonds is 3. The summed E-state index contributed by atoms with van der Waals surface area (Å²) < 4.78 is 4.69. The lowest BCUT2D eigenvalue weighted by molar-refractivity contribution is -0.136. The molecular weight excluding hydrogens is 150 g/mol. The molecule has 0 amide bonds. The Bertz CT molecular complexity index is 255. The van der Waals surface area contributed by atoms with Gasteiger partial charge in [-0.25, -0.2) is 4.98 Å². The zero-order valence-corrected chi connectivity index (χ0v) is 5.65. The molecule has 0 fully saturated rings. The summed E-state index contributed by atoms with van der Waals surface area (Å²) in [6, 6.07) is 0. The molecule has 0 aromatic carbocycles. The highest BCUT2D eigenvalue weighted by molar-refractivity contribution is 5.69. The lowest BCUT2D eigenvalue weighted by Crippen LogP contribution is -2.00. The van der Waals surface area contributed by atoms with E-state index in [1.807, 2.05) is 0 Å². The number of hydrogen-bond acceptors (Lipinski definition) is 4. The SMILES string of the molecule is O=C(O)Cc1coc(CO)n1. The van der Waals surface area contributed by atoms with Gasteiger partial charge in [0.1, 0.15) is 12.9 Å². The molecule has 1 aromatic heterocycles. The lowest BCUT2D eigenvalue weighted by Gasteiger charge is -1.84. The van der Waals surface area contributed by atoms with Gasteiger partial charge in [-0.2, -0.15) is 0 Å². The Labute approximate surface area is 62.3 Å². The van der Waals surface area contributed by atoms with Crippen LogP contribution in [0, 0.1) is 0 Å². The van der Waals surface area contributed by atoms with Crippen molar-refractivity contribution in [3.05, 3.63) is 17.8 Å². The molecule has 0 saturated heterocycles. The molecule has 5 heteroatoms. The fourth-order valence-corrected chi connectivity index (χ4v) is 0.658. The van der Waals surface area contributed by atoms with Crippen LogP contribution in [0.2, 0.25) is 0 Å². The summed E-state index contributed by atoms with van der Waals surface area (Å²) in [5, 5.41) is 16.8. The summed E-state index contributed by atoms with van der Waals surface area (Å²) in [5.41, 5.74) is 0.321. The topological polar surface area (TPSA) is 83.6 Å². The second kappa shape index (κ2) is 3.16. The Morgan fingerprint density at radius 1 is 1.73 bits per heavy atom. The third kappa shape index (κ3) is 2.05. The number of nitrogens with zero attached hydrogens (tertiary/aromatic N) is 1. The number of carboxylic acid groups (broad SMARTS) is 1. The van der Waals surface area contributed by atoms with Gasteiger partial charge in [0.25, 0.3) is 0 Å². The largest absolute Gasteiger partial charge is 0.481 e. The molecule has 0 aliphatic heterocycles. The quantitative estimate of drug-likeness (QED) is 0.634. The van der Waals surface area contributed by atoms with Crippen LogP contribution in [0.5, 0.6) is 0 Å². The van der Waals surface area contributed by atoms with E-state index in [-0.39, 0.29) is 18.9 Å². The minimum Gasteiger partial charge on any atom is -0.481 e. The van der Waals surface area contributed by atoms with Crippen LogP contribution in [0.4, 0.5) is 0 Å². The lowest BCUT2D eigenvalue weighted by atomic mass is 10.3. The summed E-state index contributed by atoms with van der Waals surface area (Å²) in [7, 11) is 0. The predicted octanol–water partition coefficient (Wildman–Crippen LogP) is -0.206. The van der Waals surface area contributed by atoms with E-state index in [4.69, 9.17) is 14.6 Å². The zero-order chi connectivity index (χ0) is 8.27. The fraction of sp³-hybridized carbons (Fsp3) is 0.333. The summed E-state index contributed by atoms with van der Waals surface area (Å²) in [6.45, 7) is -0.306. The van der Waals surface area contributed by atoms with Crippen LogP contribution < -0.4 is 0 Å². The highest BCUT2D eigenvalue weighted by Crippen LogP contribution is 2.01. The van der Waals surface area contributed by atoms with Crippen molar-refractivity contribution in [2.45, 2.75) is 13.0 Å². The van der Waals surface area contributed by atoms with Crippen LogP contribution in [-0.2, 0) is 17.8 Å². The van der Waals surface area contributed by atoms with Crippen molar-refractivity contribution in [2.75, 3.05) is 0 Å². The first-order valence-corrected chi connectivity index (χ1v) is 2.98. The average molecular weight is 157 g/mol. The summed E-state index contributed by atoms with van der Waals surface area (Å²) in [4.78, 5) is 13.8. The molecule has 0 unspecified atom stereocenters. The van der Waals surface area contributed by atoms with Crippen molar-refractivity contribution in [2.24, 2.45) is 0 Å². The highest BCUT2D eigenvalue weighted by atomic mass is 16.4. The van der Waals surface area contributed by atoms with Crippen molar-refractivity contribution < 1.29 is 19.4 Å². The maximum Gasteiger partial charge on any atom is 0.309 e. The maximum absolute atomic E-state index is 10.1. The van der Waals surface area contributed by atoms with Crippen molar-refractivity contribution in [1.29, 1.82) is 0 Å². The summed E-state index contributed by atoms with van der Waals surface area (Å²) in [6.07, 6.45) is 1.04. The molecule has 0 atom stereocenters. The second-order valence-corrected chi connectivity index (χ2v) is 1.96. The van der Waals surface area contributed by atoms with Gasteiger partial charge >= 0.3 is 5.97 Å². The smallest absolute Gasteiger partial charge is 0.309 e. The number of aromatic nitrogens is 1. The van der Waals surface area contributed by atoms with E-state index < -0.39 is 5.97 Å². The minimum atomic E-state index is -0.970. The van der Waals surface area contributed by atoms with E-state index >= 15 is 0 Å². The molecule has 0 bridgehead atoms. The van der Waals surface area contributed by atoms with Gasteiger partial charge in [0.05, 0.1) is 12.1 Å². The molecule has 5 nitrogen and oxygen atoms in total. The van der Waals surface area contributed by atoms with E-state index in [1.54, 1.807) is 0 Å². The Kier molecular flexibility index (Phi) is 2.22. The molecule has 2 N–H and O–H groups in total. The molecule has 1 heterocycles. The van der Waals surface area contributed by atoms with Crippen molar-refractivity contribution in [1.82, 2.24) is 4.98 Å². The molecule has 1 rings (SSSR count). The number of aliphatic carboxylic acids is 1. The van der Waals surface area contributed by atoms with Gasteiger partial charge in [-0.15, -0.1) is 0 Å². The van der Waals surface area contributed by atoms with E-state index in [2.05, 4.69) is 4.98 Å². The molecule has 11 heavy (non-hydrogen) atoms. The summed E-state index contributed by atoms with van der Waals surface area (Å²) in [5.74, 6) is -0.830. The molecule has 0 aliphatic carbocycles. The van der Waals surface area contributed by atoms with Gasteiger partial charge in [-0.05, 0) is 0 Å². The number of carboxylic acids is 1. The van der Waals surface area contributed by atoms with Crippen LogP contribution in [-0.4, -0.2) is 21.2 Å². The van der Waals surface area contributed by atoms with E-state index in [1.165, 1.54) is 6.26 Å². The summed E-state index contributed by atoms with van der Waals surface area (Å²) >= 11 is 0.